The summed E-state index contributed by atoms with van der Waals surface area (Å²) in [4.78, 5) is 3.88. The Balaban J connectivity index is 1.89. The summed E-state index contributed by atoms with van der Waals surface area (Å²) in [5.74, 6) is 6.58. The van der Waals surface area contributed by atoms with E-state index in [4.69, 9.17) is 5.11 Å². The van der Waals surface area contributed by atoms with Crippen LogP contribution in [-0.2, 0) is 6.54 Å². The molecule has 0 amide bonds. The van der Waals surface area contributed by atoms with E-state index in [9.17, 15) is 0 Å². The van der Waals surface area contributed by atoms with Crippen LogP contribution in [0, 0.1) is 17.8 Å². The molecule has 0 aromatic carbocycles. The fraction of sp³-hybridized carbons (Fsp3) is 0.571. The standard InChI is InChI=1S/C14H19NOS/c1-2-15(9-12-5-6-12)10-14-8-13(11-17-14)4-3-7-16/h8,11-12,16H,2,5-7,9-10H2,1H3. The lowest BCUT2D eigenvalue weighted by atomic mass is 10.3. The minimum absolute atomic E-state index is 0.0616. The first-order valence-corrected chi connectivity index (χ1v) is 7.09. The first-order valence-electron chi connectivity index (χ1n) is 6.21. The molecule has 0 saturated heterocycles. The van der Waals surface area contributed by atoms with Gasteiger partial charge in [-0.2, -0.15) is 0 Å². The van der Waals surface area contributed by atoms with Gasteiger partial charge in [-0.25, -0.2) is 0 Å². The van der Waals surface area contributed by atoms with Crippen molar-refractivity contribution in [2.45, 2.75) is 26.3 Å². The van der Waals surface area contributed by atoms with Crippen LogP contribution in [0.5, 0.6) is 0 Å². The van der Waals surface area contributed by atoms with E-state index in [0.29, 0.717) is 0 Å². The molecule has 0 aliphatic heterocycles. The number of nitrogens with zero attached hydrogens (tertiary/aromatic N) is 1. The highest BCUT2D eigenvalue weighted by Crippen LogP contribution is 2.30. The Hall–Kier alpha value is -0.820. The molecule has 2 rings (SSSR count). The second-order valence-electron chi connectivity index (χ2n) is 4.53. The van der Waals surface area contributed by atoms with Gasteiger partial charge in [0.05, 0.1) is 0 Å². The van der Waals surface area contributed by atoms with Crippen LogP contribution in [0.25, 0.3) is 0 Å². The monoisotopic (exact) mass is 249 g/mol. The Morgan fingerprint density at radius 1 is 1.53 bits per heavy atom. The van der Waals surface area contributed by atoms with Crippen molar-refractivity contribution < 1.29 is 5.11 Å². The number of hydrogen-bond donors (Lipinski definition) is 1. The average Bonchev–Trinajstić information content (AvgIpc) is 3.04. The molecular weight excluding hydrogens is 230 g/mol. The van der Waals surface area contributed by atoms with Gasteiger partial charge >= 0.3 is 0 Å². The largest absolute Gasteiger partial charge is 0.384 e. The molecule has 0 atom stereocenters. The quantitative estimate of drug-likeness (QED) is 0.810. The predicted molar refractivity (Wildman–Crippen MR) is 72.0 cm³/mol. The van der Waals surface area contributed by atoms with E-state index in [2.05, 4.69) is 35.1 Å². The van der Waals surface area contributed by atoms with Gasteiger partial charge in [0.2, 0.25) is 0 Å². The third-order valence-corrected chi connectivity index (χ3v) is 3.93. The minimum Gasteiger partial charge on any atom is -0.384 e. The second kappa shape index (κ2) is 6.20. The molecule has 3 heteroatoms. The van der Waals surface area contributed by atoms with Gasteiger partial charge in [0.25, 0.3) is 0 Å². The number of aliphatic hydroxyl groups is 1. The molecule has 1 aromatic rings. The molecular formula is C14H19NOS. The Morgan fingerprint density at radius 2 is 2.35 bits per heavy atom. The molecule has 2 nitrogen and oxygen atoms in total. The van der Waals surface area contributed by atoms with Crippen LogP contribution < -0.4 is 0 Å². The Morgan fingerprint density at radius 3 is 3.00 bits per heavy atom. The van der Waals surface area contributed by atoms with E-state index in [1.54, 1.807) is 11.3 Å². The van der Waals surface area contributed by atoms with Crippen molar-refractivity contribution in [1.29, 1.82) is 0 Å². The lowest BCUT2D eigenvalue weighted by Crippen LogP contribution is -2.24. The van der Waals surface area contributed by atoms with Gasteiger partial charge in [0.1, 0.15) is 6.61 Å². The van der Waals surface area contributed by atoms with E-state index in [1.807, 2.05) is 0 Å². The number of thiophene rings is 1. The molecule has 1 aliphatic rings. The zero-order valence-corrected chi connectivity index (χ0v) is 11.1. The highest BCUT2D eigenvalue weighted by atomic mass is 32.1. The normalized spacial score (nSPS) is 14.8. The third kappa shape index (κ3) is 4.16. The Labute approximate surface area is 107 Å². The van der Waals surface area contributed by atoms with Crippen molar-refractivity contribution in [3.63, 3.8) is 0 Å². The fourth-order valence-electron chi connectivity index (χ4n) is 1.86. The summed E-state index contributed by atoms with van der Waals surface area (Å²) < 4.78 is 0. The smallest absolute Gasteiger partial charge is 0.104 e. The SMILES string of the molecule is CCN(Cc1cc(C#CCO)cs1)CC1CC1. The summed E-state index contributed by atoms with van der Waals surface area (Å²) in [5.41, 5.74) is 1.03. The zero-order chi connectivity index (χ0) is 12.1. The summed E-state index contributed by atoms with van der Waals surface area (Å²) in [6, 6.07) is 2.14. The lowest BCUT2D eigenvalue weighted by molar-refractivity contribution is 0.271. The van der Waals surface area contributed by atoms with Gasteiger partial charge in [-0.3, -0.25) is 4.90 Å². The van der Waals surface area contributed by atoms with Crippen LogP contribution >= 0.6 is 11.3 Å². The summed E-state index contributed by atoms with van der Waals surface area (Å²) in [6.45, 7) is 5.56. The van der Waals surface area contributed by atoms with Crippen molar-refractivity contribution in [2.75, 3.05) is 19.7 Å². The first kappa shape index (κ1) is 12.6. The van der Waals surface area contributed by atoms with Crippen molar-refractivity contribution in [3.05, 3.63) is 21.9 Å². The molecule has 0 unspecified atom stereocenters. The van der Waals surface area contributed by atoms with Gasteiger partial charge in [-0.1, -0.05) is 18.8 Å². The second-order valence-corrected chi connectivity index (χ2v) is 5.53. The molecule has 1 heterocycles. The molecule has 92 valence electrons. The van der Waals surface area contributed by atoms with Gasteiger partial charge in [0.15, 0.2) is 0 Å². The zero-order valence-electron chi connectivity index (χ0n) is 10.3. The summed E-state index contributed by atoms with van der Waals surface area (Å²) in [7, 11) is 0. The number of aliphatic hydroxyl groups excluding tert-OH is 1. The predicted octanol–water partition coefficient (Wildman–Crippen LogP) is 2.32. The van der Waals surface area contributed by atoms with E-state index < -0.39 is 0 Å². The summed E-state index contributed by atoms with van der Waals surface area (Å²) >= 11 is 1.77. The van der Waals surface area contributed by atoms with Crippen molar-refractivity contribution in [2.24, 2.45) is 5.92 Å². The number of hydrogen-bond acceptors (Lipinski definition) is 3. The van der Waals surface area contributed by atoms with Gasteiger partial charge in [-0.15, -0.1) is 11.3 Å². The van der Waals surface area contributed by atoms with Crippen molar-refractivity contribution >= 4 is 11.3 Å². The molecule has 0 spiro atoms. The van der Waals surface area contributed by atoms with E-state index in [1.165, 1.54) is 24.3 Å². The minimum atomic E-state index is -0.0616. The molecule has 1 N–H and O–H groups in total. The van der Waals surface area contributed by atoms with Gasteiger partial charge < -0.3 is 5.11 Å². The number of rotatable bonds is 5. The van der Waals surface area contributed by atoms with Crippen LogP contribution in [0.3, 0.4) is 0 Å². The molecule has 0 bridgehead atoms. The molecule has 1 aromatic heterocycles. The Kier molecular flexibility index (Phi) is 4.61. The molecule has 1 aliphatic carbocycles. The lowest BCUT2D eigenvalue weighted by Gasteiger charge is -2.18. The maximum Gasteiger partial charge on any atom is 0.104 e. The van der Waals surface area contributed by atoms with Crippen molar-refractivity contribution in [1.82, 2.24) is 4.90 Å². The first-order chi connectivity index (χ1) is 8.31. The topological polar surface area (TPSA) is 23.5 Å². The summed E-state index contributed by atoms with van der Waals surface area (Å²) in [6.07, 6.45) is 2.82. The van der Waals surface area contributed by atoms with Crippen molar-refractivity contribution in [3.8, 4) is 11.8 Å². The summed E-state index contributed by atoms with van der Waals surface area (Å²) in [5, 5.41) is 10.7. The maximum atomic E-state index is 8.65. The molecule has 0 radical (unpaired) electrons. The van der Waals surface area contributed by atoms with Gasteiger partial charge in [-0.05, 0) is 31.4 Å². The van der Waals surface area contributed by atoms with Gasteiger partial charge in [0, 0.05) is 28.9 Å². The van der Waals surface area contributed by atoms with Crippen LogP contribution in [0.4, 0.5) is 0 Å². The van der Waals surface area contributed by atoms with Crippen LogP contribution in [0.2, 0.25) is 0 Å². The van der Waals surface area contributed by atoms with Crippen LogP contribution in [-0.4, -0.2) is 29.7 Å². The fourth-order valence-corrected chi connectivity index (χ4v) is 2.72. The highest BCUT2D eigenvalue weighted by molar-refractivity contribution is 7.10. The van der Waals surface area contributed by atoms with E-state index in [-0.39, 0.29) is 6.61 Å². The molecule has 17 heavy (non-hydrogen) atoms. The van der Waals surface area contributed by atoms with Crippen LogP contribution in [0.1, 0.15) is 30.2 Å². The maximum absolute atomic E-state index is 8.65. The van der Waals surface area contributed by atoms with Crippen LogP contribution in [0.15, 0.2) is 11.4 Å². The molecule has 1 saturated carbocycles. The van der Waals surface area contributed by atoms with E-state index in [0.717, 1.165) is 24.6 Å². The molecule has 1 fully saturated rings. The third-order valence-electron chi connectivity index (χ3n) is 3.01. The highest BCUT2D eigenvalue weighted by Gasteiger charge is 2.23. The average molecular weight is 249 g/mol. The van der Waals surface area contributed by atoms with E-state index >= 15 is 0 Å². The Bertz CT molecular complexity index is 411.